The van der Waals surface area contributed by atoms with E-state index in [0.717, 1.165) is 22.6 Å². The van der Waals surface area contributed by atoms with Gasteiger partial charge >= 0.3 is 0 Å². The lowest BCUT2D eigenvalue weighted by molar-refractivity contribution is 0.291. The van der Waals surface area contributed by atoms with Gasteiger partial charge in [0.15, 0.2) is 0 Å². The number of rotatable bonds is 5. The van der Waals surface area contributed by atoms with Crippen molar-refractivity contribution in [3.8, 4) is 5.75 Å². The molecule has 0 aliphatic rings. The Bertz CT molecular complexity index is 762. The third-order valence-corrected chi connectivity index (χ3v) is 3.48. The highest BCUT2D eigenvalue weighted by Gasteiger charge is 2.09. The summed E-state index contributed by atoms with van der Waals surface area (Å²) in [4.78, 5) is 4.63. The number of halogens is 1. The van der Waals surface area contributed by atoms with Crippen molar-refractivity contribution in [1.82, 2.24) is 9.55 Å². The average Bonchev–Trinajstić information content (AvgIpc) is 2.85. The Kier molecular flexibility index (Phi) is 3.93. The van der Waals surface area contributed by atoms with E-state index in [1.165, 1.54) is 0 Å². The Balaban J connectivity index is 1.87. The fourth-order valence-electron chi connectivity index (χ4n) is 2.25. The van der Waals surface area contributed by atoms with E-state index in [1.807, 2.05) is 48.5 Å². The van der Waals surface area contributed by atoms with Crippen LogP contribution in [0.2, 0.25) is 5.02 Å². The topological polar surface area (TPSA) is 27.1 Å². The van der Waals surface area contributed by atoms with Crippen LogP contribution in [0.15, 0.2) is 61.2 Å². The van der Waals surface area contributed by atoms with E-state index in [1.54, 1.807) is 0 Å². The molecule has 0 saturated heterocycles. The Morgan fingerprint density at radius 3 is 2.67 bits per heavy atom. The molecular weight excluding hydrogens is 284 g/mol. The quantitative estimate of drug-likeness (QED) is 0.651. The third-order valence-electron chi connectivity index (χ3n) is 3.23. The fourth-order valence-corrected chi connectivity index (χ4v) is 2.37. The van der Waals surface area contributed by atoms with Crippen molar-refractivity contribution in [2.75, 3.05) is 0 Å². The third kappa shape index (κ3) is 2.93. The maximum atomic E-state index is 5.87. The van der Waals surface area contributed by atoms with Gasteiger partial charge in [0.25, 0.3) is 0 Å². The van der Waals surface area contributed by atoms with E-state index >= 15 is 0 Å². The van der Waals surface area contributed by atoms with Gasteiger partial charge in [0.2, 0.25) is 0 Å². The van der Waals surface area contributed by atoms with Crippen LogP contribution in [-0.4, -0.2) is 9.55 Å². The van der Waals surface area contributed by atoms with Crippen molar-refractivity contribution >= 4 is 22.6 Å². The first-order valence-electron chi connectivity index (χ1n) is 6.71. The van der Waals surface area contributed by atoms with Crippen molar-refractivity contribution in [2.24, 2.45) is 0 Å². The van der Waals surface area contributed by atoms with E-state index in [0.29, 0.717) is 18.2 Å². The lowest BCUT2D eigenvalue weighted by atomic mass is 10.3. The first-order chi connectivity index (χ1) is 10.3. The summed E-state index contributed by atoms with van der Waals surface area (Å²) >= 11 is 5.87. The zero-order valence-electron chi connectivity index (χ0n) is 11.5. The number of imidazole rings is 1. The summed E-state index contributed by atoms with van der Waals surface area (Å²) in [5.74, 6) is 1.66. The van der Waals surface area contributed by atoms with Crippen LogP contribution >= 0.6 is 11.6 Å². The number of ether oxygens (including phenoxy) is 1. The van der Waals surface area contributed by atoms with Crippen molar-refractivity contribution in [3.05, 3.63) is 72.0 Å². The molecule has 21 heavy (non-hydrogen) atoms. The molecule has 0 amide bonds. The summed E-state index contributed by atoms with van der Waals surface area (Å²) in [6, 6.07) is 15.4. The van der Waals surface area contributed by atoms with Crippen LogP contribution in [0.1, 0.15) is 5.82 Å². The van der Waals surface area contributed by atoms with Crippen LogP contribution in [0.3, 0.4) is 0 Å². The van der Waals surface area contributed by atoms with Gasteiger partial charge < -0.3 is 9.30 Å². The van der Waals surface area contributed by atoms with E-state index < -0.39 is 0 Å². The molecule has 106 valence electrons. The molecule has 0 atom stereocenters. The molecule has 0 aliphatic carbocycles. The summed E-state index contributed by atoms with van der Waals surface area (Å²) in [7, 11) is 0. The van der Waals surface area contributed by atoms with Crippen LogP contribution < -0.4 is 4.74 Å². The molecule has 0 spiro atoms. The summed E-state index contributed by atoms with van der Waals surface area (Å²) in [6.45, 7) is 4.92. The predicted octanol–water partition coefficient (Wildman–Crippen LogP) is 4.45. The largest absolute Gasteiger partial charge is 0.486 e. The molecular formula is C17H15ClN2O. The molecule has 0 fully saturated rings. The predicted molar refractivity (Wildman–Crippen MR) is 85.7 cm³/mol. The van der Waals surface area contributed by atoms with Gasteiger partial charge in [0, 0.05) is 11.6 Å². The van der Waals surface area contributed by atoms with Gasteiger partial charge in [-0.3, -0.25) is 0 Å². The van der Waals surface area contributed by atoms with Gasteiger partial charge in [-0.05, 0) is 36.4 Å². The molecule has 0 unspecified atom stereocenters. The van der Waals surface area contributed by atoms with E-state index in [-0.39, 0.29) is 0 Å². The number of aromatic nitrogens is 2. The molecule has 4 heteroatoms. The van der Waals surface area contributed by atoms with Gasteiger partial charge in [-0.1, -0.05) is 29.8 Å². The Labute approximate surface area is 128 Å². The zero-order valence-corrected chi connectivity index (χ0v) is 12.3. The van der Waals surface area contributed by atoms with Crippen LogP contribution in [0.4, 0.5) is 0 Å². The summed E-state index contributed by atoms with van der Waals surface area (Å²) < 4.78 is 7.90. The van der Waals surface area contributed by atoms with Crippen LogP contribution in [-0.2, 0) is 13.2 Å². The molecule has 3 nitrogen and oxygen atoms in total. The molecule has 1 heterocycles. The highest BCUT2D eigenvalue weighted by Crippen LogP contribution is 2.19. The van der Waals surface area contributed by atoms with Crippen LogP contribution in [0, 0.1) is 0 Å². The Morgan fingerprint density at radius 1 is 1.14 bits per heavy atom. The Morgan fingerprint density at radius 2 is 1.90 bits per heavy atom. The molecule has 0 saturated carbocycles. The average molecular weight is 299 g/mol. The van der Waals surface area contributed by atoms with Crippen molar-refractivity contribution in [2.45, 2.75) is 13.2 Å². The van der Waals surface area contributed by atoms with Crippen molar-refractivity contribution < 1.29 is 4.74 Å². The van der Waals surface area contributed by atoms with Gasteiger partial charge in [0.1, 0.15) is 18.2 Å². The highest BCUT2D eigenvalue weighted by molar-refractivity contribution is 6.30. The number of hydrogen-bond acceptors (Lipinski definition) is 2. The molecule has 1 aromatic heterocycles. The lowest BCUT2D eigenvalue weighted by Gasteiger charge is -2.08. The molecule has 0 aliphatic heterocycles. The molecule has 0 N–H and O–H groups in total. The normalized spacial score (nSPS) is 10.7. The molecule has 2 aromatic carbocycles. The van der Waals surface area contributed by atoms with E-state index in [9.17, 15) is 0 Å². The van der Waals surface area contributed by atoms with Gasteiger partial charge in [-0.15, -0.1) is 6.58 Å². The van der Waals surface area contributed by atoms with Crippen LogP contribution in [0.5, 0.6) is 5.75 Å². The number of allylic oxidation sites excluding steroid dienone is 1. The van der Waals surface area contributed by atoms with Crippen molar-refractivity contribution in [1.29, 1.82) is 0 Å². The number of fused-ring (bicyclic) bond motifs is 1. The fraction of sp³-hybridized carbons (Fsp3) is 0.118. The Hall–Kier alpha value is -2.26. The first kappa shape index (κ1) is 13.7. The smallest absolute Gasteiger partial charge is 0.148 e. The number of nitrogens with zero attached hydrogens (tertiary/aromatic N) is 2. The second kappa shape index (κ2) is 6.02. The minimum absolute atomic E-state index is 0.407. The van der Waals surface area contributed by atoms with Crippen molar-refractivity contribution in [3.63, 3.8) is 0 Å². The zero-order chi connectivity index (χ0) is 14.7. The number of para-hydroxylation sites is 2. The molecule has 0 radical (unpaired) electrons. The molecule has 0 bridgehead atoms. The van der Waals surface area contributed by atoms with Gasteiger partial charge in [-0.2, -0.15) is 0 Å². The molecule has 3 rings (SSSR count). The number of hydrogen-bond donors (Lipinski definition) is 0. The monoisotopic (exact) mass is 298 g/mol. The maximum absolute atomic E-state index is 5.87. The van der Waals surface area contributed by atoms with E-state index in [4.69, 9.17) is 16.3 Å². The SMILES string of the molecule is C=CCn1c(COc2ccc(Cl)cc2)nc2ccccc21. The highest BCUT2D eigenvalue weighted by atomic mass is 35.5. The summed E-state index contributed by atoms with van der Waals surface area (Å²) in [6.07, 6.45) is 1.86. The second-order valence-electron chi connectivity index (χ2n) is 4.66. The minimum Gasteiger partial charge on any atom is -0.486 e. The van der Waals surface area contributed by atoms with E-state index in [2.05, 4.69) is 22.2 Å². The van der Waals surface area contributed by atoms with Gasteiger partial charge in [-0.25, -0.2) is 4.98 Å². The summed E-state index contributed by atoms with van der Waals surface area (Å²) in [5.41, 5.74) is 2.06. The standard InChI is InChI=1S/C17H15ClN2O/c1-2-11-20-16-6-4-3-5-15(16)19-17(20)12-21-14-9-7-13(18)8-10-14/h2-10H,1,11-12H2. The molecule has 3 aromatic rings. The summed E-state index contributed by atoms with van der Waals surface area (Å²) in [5, 5.41) is 0.696. The van der Waals surface area contributed by atoms with Crippen LogP contribution in [0.25, 0.3) is 11.0 Å². The number of benzene rings is 2. The second-order valence-corrected chi connectivity index (χ2v) is 5.10. The minimum atomic E-state index is 0.407. The van der Waals surface area contributed by atoms with Gasteiger partial charge in [0.05, 0.1) is 11.0 Å². The maximum Gasteiger partial charge on any atom is 0.148 e. The lowest BCUT2D eigenvalue weighted by Crippen LogP contribution is -2.06. The first-order valence-corrected chi connectivity index (χ1v) is 7.09.